The van der Waals surface area contributed by atoms with Crippen LogP contribution in [-0.4, -0.2) is 60.3 Å². The maximum absolute atomic E-state index is 12.2. The molecule has 0 aromatic heterocycles. The third-order valence-electron chi connectivity index (χ3n) is 4.58. The van der Waals surface area contributed by atoms with Crippen LogP contribution in [0.3, 0.4) is 0 Å². The number of likely N-dealkylation sites (N-methyl/N-ethyl adjacent to an activating group) is 1. The second kappa shape index (κ2) is 6.54. The standard InChI is InChI=1S/C14H24N2O4/c1-9(13(17)15-10-5-3-4-6-10)16(2)12-8-20-7-11(12)14(18)19/h9-12H,3-8H2,1-2H3,(H,15,17)(H,18,19). The van der Waals surface area contributed by atoms with E-state index >= 15 is 0 Å². The molecule has 0 bridgehead atoms. The van der Waals surface area contributed by atoms with E-state index in [2.05, 4.69) is 5.32 Å². The van der Waals surface area contributed by atoms with E-state index in [-0.39, 0.29) is 30.6 Å². The molecule has 1 aliphatic carbocycles. The van der Waals surface area contributed by atoms with E-state index in [4.69, 9.17) is 4.74 Å². The number of nitrogens with one attached hydrogen (secondary N) is 1. The van der Waals surface area contributed by atoms with Crippen LogP contribution in [0.2, 0.25) is 0 Å². The Bertz CT molecular complexity index is 368. The van der Waals surface area contributed by atoms with E-state index in [1.165, 1.54) is 12.8 Å². The molecule has 20 heavy (non-hydrogen) atoms. The first kappa shape index (κ1) is 15.3. The van der Waals surface area contributed by atoms with Crippen molar-refractivity contribution in [3.8, 4) is 0 Å². The first-order chi connectivity index (χ1) is 9.50. The van der Waals surface area contributed by atoms with Crippen molar-refractivity contribution in [1.82, 2.24) is 10.2 Å². The molecule has 0 spiro atoms. The van der Waals surface area contributed by atoms with Crippen LogP contribution >= 0.6 is 0 Å². The molecule has 1 aliphatic heterocycles. The number of hydrogen-bond acceptors (Lipinski definition) is 4. The van der Waals surface area contributed by atoms with Gasteiger partial charge in [0.1, 0.15) is 0 Å². The number of carboxylic acid groups (broad SMARTS) is 1. The smallest absolute Gasteiger partial charge is 0.310 e. The van der Waals surface area contributed by atoms with Crippen LogP contribution in [0.25, 0.3) is 0 Å². The molecule has 114 valence electrons. The van der Waals surface area contributed by atoms with Crippen LogP contribution in [0.15, 0.2) is 0 Å². The Kier molecular flexibility index (Phi) is 4.99. The molecule has 1 saturated heterocycles. The molecule has 1 saturated carbocycles. The van der Waals surface area contributed by atoms with Gasteiger partial charge < -0.3 is 15.2 Å². The summed E-state index contributed by atoms with van der Waals surface area (Å²) in [5, 5.41) is 12.2. The number of carboxylic acids is 1. The average Bonchev–Trinajstić information content (AvgIpc) is 3.07. The highest BCUT2D eigenvalue weighted by Crippen LogP contribution is 2.22. The Hall–Kier alpha value is -1.14. The highest BCUT2D eigenvalue weighted by molar-refractivity contribution is 5.81. The van der Waals surface area contributed by atoms with Gasteiger partial charge in [-0.15, -0.1) is 0 Å². The quantitative estimate of drug-likeness (QED) is 0.767. The molecule has 6 nitrogen and oxygen atoms in total. The van der Waals surface area contributed by atoms with Crippen LogP contribution in [0.5, 0.6) is 0 Å². The summed E-state index contributed by atoms with van der Waals surface area (Å²) in [5.41, 5.74) is 0. The SMILES string of the molecule is CC(C(=O)NC1CCCC1)N(C)C1COCC1C(=O)O. The molecular weight excluding hydrogens is 260 g/mol. The number of ether oxygens (including phenoxy) is 1. The summed E-state index contributed by atoms with van der Waals surface area (Å²) in [4.78, 5) is 25.2. The van der Waals surface area contributed by atoms with Crippen molar-refractivity contribution < 1.29 is 19.4 Å². The Morgan fingerprint density at radius 3 is 2.55 bits per heavy atom. The number of nitrogens with zero attached hydrogens (tertiary/aromatic N) is 1. The number of carbonyl (C=O) groups excluding carboxylic acids is 1. The molecule has 3 unspecified atom stereocenters. The lowest BCUT2D eigenvalue weighted by molar-refractivity contribution is -0.144. The fourth-order valence-corrected chi connectivity index (χ4v) is 3.04. The van der Waals surface area contributed by atoms with Crippen LogP contribution in [0.1, 0.15) is 32.6 Å². The number of rotatable bonds is 5. The van der Waals surface area contributed by atoms with Crippen molar-refractivity contribution in [3.05, 3.63) is 0 Å². The topological polar surface area (TPSA) is 78.9 Å². The van der Waals surface area contributed by atoms with E-state index in [9.17, 15) is 14.7 Å². The molecule has 0 aromatic carbocycles. The van der Waals surface area contributed by atoms with Crippen LogP contribution in [0.4, 0.5) is 0 Å². The van der Waals surface area contributed by atoms with Crippen molar-refractivity contribution >= 4 is 11.9 Å². The minimum atomic E-state index is -0.859. The van der Waals surface area contributed by atoms with Crippen molar-refractivity contribution in [3.63, 3.8) is 0 Å². The third kappa shape index (κ3) is 3.30. The molecule has 3 atom stereocenters. The summed E-state index contributed by atoms with van der Waals surface area (Å²) >= 11 is 0. The number of hydrogen-bond donors (Lipinski definition) is 2. The second-order valence-corrected chi connectivity index (χ2v) is 5.88. The molecule has 0 aromatic rings. The summed E-state index contributed by atoms with van der Waals surface area (Å²) in [6.07, 6.45) is 4.44. The van der Waals surface area contributed by atoms with Gasteiger partial charge in [0.2, 0.25) is 5.91 Å². The molecular formula is C14H24N2O4. The Labute approximate surface area is 119 Å². The van der Waals surface area contributed by atoms with Gasteiger partial charge in [-0.25, -0.2) is 0 Å². The fourth-order valence-electron chi connectivity index (χ4n) is 3.04. The van der Waals surface area contributed by atoms with E-state index in [1.54, 1.807) is 7.05 Å². The Balaban J connectivity index is 1.91. The molecule has 2 rings (SSSR count). The van der Waals surface area contributed by atoms with E-state index in [0.717, 1.165) is 12.8 Å². The van der Waals surface area contributed by atoms with Gasteiger partial charge in [0.15, 0.2) is 0 Å². The molecule has 0 radical (unpaired) electrons. The van der Waals surface area contributed by atoms with E-state index in [0.29, 0.717) is 6.61 Å². The number of amides is 1. The Morgan fingerprint density at radius 1 is 1.30 bits per heavy atom. The van der Waals surface area contributed by atoms with Gasteiger partial charge in [-0.3, -0.25) is 14.5 Å². The van der Waals surface area contributed by atoms with Crippen LogP contribution in [-0.2, 0) is 14.3 Å². The summed E-state index contributed by atoms with van der Waals surface area (Å²) in [5.74, 6) is -1.43. The molecule has 1 amide bonds. The maximum atomic E-state index is 12.2. The van der Waals surface area contributed by atoms with E-state index in [1.807, 2.05) is 11.8 Å². The lowest BCUT2D eigenvalue weighted by Crippen LogP contribution is -2.52. The first-order valence-electron chi connectivity index (χ1n) is 7.33. The Morgan fingerprint density at radius 2 is 1.95 bits per heavy atom. The monoisotopic (exact) mass is 284 g/mol. The largest absolute Gasteiger partial charge is 0.481 e. The number of aliphatic carboxylic acids is 1. The zero-order valence-electron chi connectivity index (χ0n) is 12.2. The third-order valence-corrected chi connectivity index (χ3v) is 4.58. The lowest BCUT2D eigenvalue weighted by Gasteiger charge is -2.31. The zero-order chi connectivity index (χ0) is 14.7. The van der Waals surface area contributed by atoms with Crippen molar-refractivity contribution in [1.29, 1.82) is 0 Å². The van der Waals surface area contributed by atoms with Crippen molar-refractivity contribution in [2.45, 2.75) is 50.7 Å². The molecule has 2 aliphatic rings. The van der Waals surface area contributed by atoms with Crippen molar-refractivity contribution in [2.75, 3.05) is 20.3 Å². The highest BCUT2D eigenvalue weighted by Gasteiger charge is 2.39. The number of carbonyl (C=O) groups is 2. The predicted octanol–water partition coefficient (Wildman–Crippen LogP) is 0.465. The van der Waals surface area contributed by atoms with Crippen LogP contribution < -0.4 is 5.32 Å². The van der Waals surface area contributed by atoms with E-state index < -0.39 is 11.9 Å². The van der Waals surface area contributed by atoms with Gasteiger partial charge in [0.25, 0.3) is 0 Å². The fraction of sp³-hybridized carbons (Fsp3) is 0.857. The van der Waals surface area contributed by atoms with Gasteiger partial charge >= 0.3 is 5.97 Å². The second-order valence-electron chi connectivity index (χ2n) is 5.88. The maximum Gasteiger partial charge on any atom is 0.310 e. The summed E-state index contributed by atoms with van der Waals surface area (Å²) in [7, 11) is 1.80. The van der Waals surface area contributed by atoms with Crippen molar-refractivity contribution in [2.24, 2.45) is 5.92 Å². The van der Waals surface area contributed by atoms with Gasteiger partial charge in [0, 0.05) is 12.1 Å². The minimum Gasteiger partial charge on any atom is -0.481 e. The van der Waals surface area contributed by atoms with Gasteiger partial charge in [-0.2, -0.15) is 0 Å². The molecule has 2 fully saturated rings. The minimum absolute atomic E-state index is 0.0181. The molecule has 6 heteroatoms. The first-order valence-corrected chi connectivity index (χ1v) is 7.33. The average molecular weight is 284 g/mol. The van der Waals surface area contributed by atoms with Gasteiger partial charge in [0.05, 0.1) is 25.2 Å². The highest BCUT2D eigenvalue weighted by atomic mass is 16.5. The normalized spacial score (nSPS) is 28.8. The summed E-state index contributed by atoms with van der Waals surface area (Å²) < 4.78 is 5.26. The van der Waals surface area contributed by atoms with Gasteiger partial charge in [-0.05, 0) is 26.8 Å². The van der Waals surface area contributed by atoms with Crippen LogP contribution in [0, 0.1) is 5.92 Å². The summed E-state index contributed by atoms with van der Waals surface area (Å²) in [6.45, 7) is 2.41. The lowest BCUT2D eigenvalue weighted by atomic mass is 10.0. The molecule has 2 N–H and O–H groups in total. The predicted molar refractivity (Wildman–Crippen MR) is 73.4 cm³/mol. The zero-order valence-corrected chi connectivity index (χ0v) is 12.2. The summed E-state index contributed by atoms with van der Waals surface area (Å²) in [6, 6.07) is -0.297. The molecule has 1 heterocycles. The van der Waals surface area contributed by atoms with Gasteiger partial charge in [-0.1, -0.05) is 12.8 Å².